The van der Waals surface area contributed by atoms with E-state index < -0.39 is 0 Å². The third kappa shape index (κ3) is 2.48. The minimum absolute atomic E-state index is 0.628. The predicted octanol–water partition coefficient (Wildman–Crippen LogP) is 2.20. The van der Waals surface area contributed by atoms with Gasteiger partial charge in [0.15, 0.2) is 0 Å². The Kier molecular flexibility index (Phi) is 4.39. The Bertz CT molecular complexity index is 164. The van der Waals surface area contributed by atoms with Crippen molar-refractivity contribution in [2.75, 3.05) is 33.2 Å². The summed E-state index contributed by atoms with van der Waals surface area (Å²) in [5, 5.41) is 0. The molecule has 84 valence electrons. The zero-order valence-electron chi connectivity index (χ0n) is 10.3. The molecule has 2 heteroatoms. The minimum Gasteiger partial charge on any atom is -0.303 e. The van der Waals surface area contributed by atoms with E-state index in [2.05, 4.69) is 23.8 Å². The van der Waals surface area contributed by atoms with Crippen molar-refractivity contribution < 1.29 is 0 Å². The number of hydrogen-bond acceptors (Lipinski definition) is 2. The third-order valence-electron chi connectivity index (χ3n) is 3.31. The number of likely N-dealkylation sites (N-methyl/N-ethyl adjacent to an activating group) is 1. The van der Waals surface area contributed by atoms with Crippen molar-refractivity contribution in [1.82, 2.24) is 9.80 Å². The fraction of sp³-hybridized carbons (Fsp3) is 1.00. The van der Waals surface area contributed by atoms with Crippen LogP contribution in [0.3, 0.4) is 0 Å². The molecule has 0 atom stereocenters. The lowest BCUT2D eigenvalue weighted by Crippen LogP contribution is -2.53. The standard InChI is InChI=1S/C10H20N2.C2H6/c1-3-6-12-8-7-11(2)9-10(12)4-5-10;1-2/h3-9H2,1-2H3;1-2H3. The van der Waals surface area contributed by atoms with Gasteiger partial charge >= 0.3 is 0 Å². The van der Waals surface area contributed by atoms with Gasteiger partial charge in [0.25, 0.3) is 0 Å². The van der Waals surface area contributed by atoms with Crippen molar-refractivity contribution in [3.63, 3.8) is 0 Å². The molecule has 0 amide bonds. The second-order valence-electron chi connectivity index (χ2n) is 4.45. The van der Waals surface area contributed by atoms with Crippen LogP contribution in [-0.4, -0.2) is 48.6 Å². The van der Waals surface area contributed by atoms with E-state index >= 15 is 0 Å². The molecule has 2 fully saturated rings. The van der Waals surface area contributed by atoms with Gasteiger partial charge in [-0.3, -0.25) is 4.90 Å². The largest absolute Gasteiger partial charge is 0.303 e. The second kappa shape index (κ2) is 5.13. The van der Waals surface area contributed by atoms with Gasteiger partial charge in [-0.05, 0) is 32.9 Å². The van der Waals surface area contributed by atoms with E-state index in [0.29, 0.717) is 5.54 Å². The lowest BCUT2D eigenvalue weighted by molar-refractivity contribution is 0.0741. The third-order valence-corrected chi connectivity index (χ3v) is 3.31. The first kappa shape index (κ1) is 12.0. The maximum Gasteiger partial charge on any atom is 0.0338 e. The molecule has 1 saturated heterocycles. The van der Waals surface area contributed by atoms with Gasteiger partial charge in [-0.15, -0.1) is 0 Å². The summed E-state index contributed by atoms with van der Waals surface area (Å²) in [6, 6.07) is 0. The average molecular weight is 198 g/mol. The van der Waals surface area contributed by atoms with Gasteiger partial charge in [0.2, 0.25) is 0 Å². The van der Waals surface area contributed by atoms with E-state index in [1.165, 1.54) is 45.4 Å². The Morgan fingerprint density at radius 1 is 1.14 bits per heavy atom. The van der Waals surface area contributed by atoms with Crippen LogP contribution in [0.15, 0.2) is 0 Å². The Hall–Kier alpha value is -0.0800. The molecule has 14 heavy (non-hydrogen) atoms. The quantitative estimate of drug-likeness (QED) is 0.671. The molecule has 0 aromatic carbocycles. The molecule has 1 saturated carbocycles. The minimum atomic E-state index is 0.628. The summed E-state index contributed by atoms with van der Waals surface area (Å²) < 4.78 is 0. The van der Waals surface area contributed by atoms with Crippen molar-refractivity contribution in [1.29, 1.82) is 0 Å². The van der Waals surface area contributed by atoms with E-state index in [-0.39, 0.29) is 0 Å². The molecule has 1 aliphatic carbocycles. The summed E-state index contributed by atoms with van der Waals surface area (Å²) in [5.41, 5.74) is 0.628. The zero-order valence-corrected chi connectivity index (χ0v) is 10.3. The molecule has 1 spiro atoms. The highest BCUT2D eigenvalue weighted by Crippen LogP contribution is 2.43. The molecule has 0 aromatic heterocycles. The van der Waals surface area contributed by atoms with Crippen LogP contribution in [0.25, 0.3) is 0 Å². The molecular weight excluding hydrogens is 172 g/mol. The van der Waals surface area contributed by atoms with Gasteiger partial charge in [0.1, 0.15) is 0 Å². The molecule has 0 unspecified atom stereocenters. The van der Waals surface area contributed by atoms with Crippen LogP contribution in [0, 0.1) is 0 Å². The molecule has 1 heterocycles. The maximum atomic E-state index is 2.72. The summed E-state index contributed by atoms with van der Waals surface area (Å²) in [6.07, 6.45) is 4.19. The number of hydrogen-bond donors (Lipinski definition) is 0. The van der Waals surface area contributed by atoms with Crippen LogP contribution in [0.2, 0.25) is 0 Å². The molecule has 0 bridgehead atoms. The number of piperazine rings is 1. The van der Waals surface area contributed by atoms with Gasteiger partial charge in [0.05, 0.1) is 0 Å². The van der Waals surface area contributed by atoms with Crippen molar-refractivity contribution in [3.8, 4) is 0 Å². The lowest BCUT2D eigenvalue weighted by atomic mass is 10.1. The normalized spacial score (nSPS) is 25.7. The summed E-state index contributed by atoms with van der Waals surface area (Å²) in [7, 11) is 2.25. The number of rotatable bonds is 2. The van der Waals surface area contributed by atoms with E-state index in [1.807, 2.05) is 13.8 Å². The molecule has 2 rings (SSSR count). The van der Waals surface area contributed by atoms with Gasteiger partial charge in [0, 0.05) is 25.2 Å². The highest BCUT2D eigenvalue weighted by Gasteiger charge is 2.49. The fourth-order valence-corrected chi connectivity index (χ4v) is 2.45. The first-order chi connectivity index (χ1) is 6.77. The Morgan fingerprint density at radius 2 is 1.79 bits per heavy atom. The van der Waals surface area contributed by atoms with Crippen molar-refractivity contribution >= 4 is 0 Å². The predicted molar refractivity (Wildman–Crippen MR) is 62.7 cm³/mol. The SMILES string of the molecule is CC.CCCN1CCN(C)CC12CC2. The molecule has 2 nitrogen and oxygen atoms in total. The first-order valence-electron chi connectivity index (χ1n) is 6.20. The van der Waals surface area contributed by atoms with E-state index in [0.717, 1.165) is 0 Å². The maximum absolute atomic E-state index is 2.72. The molecule has 0 aromatic rings. The smallest absolute Gasteiger partial charge is 0.0338 e. The Balaban J connectivity index is 0.000000461. The van der Waals surface area contributed by atoms with Crippen LogP contribution in [0.5, 0.6) is 0 Å². The van der Waals surface area contributed by atoms with Crippen LogP contribution < -0.4 is 0 Å². The van der Waals surface area contributed by atoms with E-state index in [4.69, 9.17) is 0 Å². The van der Waals surface area contributed by atoms with Gasteiger partial charge in [-0.1, -0.05) is 20.8 Å². The second-order valence-corrected chi connectivity index (χ2v) is 4.45. The summed E-state index contributed by atoms with van der Waals surface area (Å²) in [6.45, 7) is 11.5. The number of nitrogens with zero attached hydrogens (tertiary/aromatic N) is 2. The molecule has 0 radical (unpaired) electrons. The van der Waals surface area contributed by atoms with E-state index in [9.17, 15) is 0 Å². The molecular formula is C12H26N2. The average Bonchev–Trinajstić information content (AvgIpc) is 2.95. The molecule has 1 aliphatic heterocycles. The van der Waals surface area contributed by atoms with Crippen LogP contribution in [0.1, 0.15) is 40.0 Å². The molecule has 0 N–H and O–H groups in total. The summed E-state index contributed by atoms with van der Waals surface area (Å²) in [4.78, 5) is 5.20. The van der Waals surface area contributed by atoms with E-state index in [1.54, 1.807) is 0 Å². The summed E-state index contributed by atoms with van der Waals surface area (Å²) in [5.74, 6) is 0. The van der Waals surface area contributed by atoms with Crippen LogP contribution >= 0.6 is 0 Å². The van der Waals surface area contributed by atoms with Gasteiger partial charge in [-0.25, -0.2) is 0 Å². The van der Waals surface area contributed by atoms with Crippen molar-refractivity contribution in [2.45, 2.75) is 45.6 Å². The molecule has 2 aliphatic rings. The Labute approximate surface area is 89.3 Å². The monoisotopic (exact) mass is 198 g/mol. The zero-order chi connectivity index (χ0) is 10.6. The lowest BCUT2D eigenvalue weighted by Gasteiger charge is -2.40. The highest BCUT2D eigenvalue weighted by molar-refractivity contribution is 5.07. The van der Waals surface area contributed by atoms with Gasteiger partial charge in [-0.2, -0.15) is 0 Å². The highest BCUT2D eigenvalue weighted by atomic mass is 15.3. The fourth-order valence-electron chi connectivity index (χ4n) is 2.45. The Morgan fingerprint density at radius 3 is 2.29 bits per heavy atom. The van der Waals surface area contributed by atoms with Crippen molar-refractivity contribution in [3.05, 3.63) is 0 Å². The van der Waals surface area contributed by atoms with Crippen LogP contribution in [-0.2, 0) is 0 Å². The summed E-state index contributed by atoms with van der Waals surface area (Å²) >= 11 is 0. The van der Waals surface area contributed by atoms with Crippen molar-refractivity contribution in [2.24, 2.45) is 0 Å². The van der Waals surface area contributed by atoms with Crippen LogP contribution in [0.4, 0.5) is 0 Å². The van der Waals surface area contributed by atoms with Gasteiger partial charge < -0.3 is 4.90 Å². The topological polar surface area (TPSA) is 6.48 Å². The first-order valence-corrected chi connectivity index (χ1v) is 6.20.